The summed E-state index contributed by atoms with van der Waals surface area (Å²) in [5, 5.41) is 18.3. The summed E-state index contributed by atoms with van der Waals surface area (Å²) in [6.45, 7) is 0. The molecular weight excluding hydrogens is 260 g/mol. The Hall–Kier alpha value is -1.65. The summed E-state index contributed by atoms with van der Waals surface area (Å²) >= 11 is 0. The van der Waals surface area contributed by atoms with E-state index in [2.05, 4.69) is 0 Å². The quantitative estimate of drug-likeness (QED) is 0.457. The van der Waals surface area contributed by atoms with E-state index in [9.17, 15) is 14.4 Å². The fourth-order valence-electron chi connectivity index (χ4n) is 4.71. The number of carboxylic acid groups (broad SMARTS) is 2. The molecule has 4 atom stereocenters. The lowest BCUT2D eigenvalue weighted by molar-refractivity contribution is -0.140. The zero-order valence-corrected chi connectivity index (χ0v) is 11.2. The Morgan fingerprint density at radius 3 is 2.00 bits per heavy atom. The molecular formula is C15H18O5. The highest BCUT2D eigenvalue weighted by Crippen LogP contribution is 2.55. The first-order valence-corrected chi connectivity index (χ1v) is 7.27. The maximum atomic E-state index is 12.5. The minimum Gasteiger partial charge on any atom is -0.477 e. The average molecular weight is 278 g/mol. The SMILES string of the molecule is O=C(O)C(C(=O)O)=C1C(=O)C2CCCC3CCCC1C32. The van der Waals surface area contributed by atoms with Crippen LogP contribution in [0.3, 0.4) is 0 Å². The highest BCUT2D eigenvalue weighted by Gasteiger charge is 2.54. The van der Waals surface area contributed by atoms with E-state index in [0.29, 0.717) is 5.92 Å². The van der Waals surface area contributed by atoms with E-state index in [-0.39, 0.29) is 29.1 Å². The lowest BCUT2D eigenvalue weighted by Crippen LogP contribution is -2.33. The van der Waals surface area contributed by atoms with Crippen molar-refractivity contribution >= 4 is 17.7 Å². The molecule has 3 aliphatic carbocycles. The van der Waals surface area contributed by atoms with E-state index in [4.69, 9.17) is 10.2 Å². The molecule has 0 saturated heterocycles. The highest BCUT2D eigenvalue weighted by molar-refractivity contribution is 6.20. The molecule has 0 aromatic carbocycles. The van der Waals surface area contributed by atoms with Gasteiger partial charge in [0.25, 0.3) is 0 Å². The predicted molar refractivity (Wildman–Crippen MR) is 69.0 cm³/mol. The molecule has 2 N–H and O–H groups in total. The molecule has 108 valence electrons. The van der Waals surface area contributed by atoms with Gasteiger partial charge in [0.1, 0.15) is 0 Å². The minimum atomic E-state index is -1.48. The molecule has 0 aromatic rings. The van der Waals surface area contributed by atoms with Crippen LogP contribution >= 0.6 is 0 Å². The van der Waals surface area contributed by atoms with Crippen LogP contribution in [0.2, 0.25) is 0 Å². The molecule has 3 aliphatic rings. The van der Waals surface area contributed by atoms with Gasteiger partial charge in [0.2, 0.25) is 0 Å². The fourth-order valence-corrected chi connectivity index (χ4v) is 4.71. The zero-order chi connectivity index (χ0) is 14.4. The van der Waals surface area contributed by atoms with Crippen molar-refractivity contribution in [1.29, 1.82) is 0 Å². The molecule has 0 amide bonds. The van der Waals surface area contributed by atoms with Gasteiger partial charge in [-0.05, 0) is 30.6 Å². The second-order valence-corrected chi connectivity index (χ2v) is 6.18. The van der Waals surface area contributed by atoms with Crippen LogP contribution in [-0.4, -0.2) is 27.9 Å². The van der Waals surface area contributed by atoms with Gasteiger partial charge in [-0.15, -0.1) is 0 Å². The summed E-state index contributed by atoms with van der Waals surface area (Å²) in [5.41, 5.74) is -0.582. The van der Waals surface area contributed by atoms with Gasteiger partial charge in [0.05, 0.1) is 0 Å². The van der Waals surface area contributed by atoms with E-state index in [0.717, 1.165) is 38.5 Å². The van der Waals surface area contributed by atoms with E-state index in [1.165, 1.54) is 0 Å². The smallest absolute Gasteiger partial charge is 0.343 e. The molecule has 0 aromatic heterocycles. The molecule has 0 spiro atoms. The van der Waals surface area contributed by atoms with Gasteiger partial charge in [-0.2, -0.15) is 0 Å². The summed E-state index contributed by atoms with van der Waals surface area (Å²) in [5.74, 6) is -2.79. The normalized spacial score (nSPS) is 35.6. The number of rotatable bonds is 2. The van der Waals surface area contributed by atoms with Crippen molar-refractivity contribution in [3.05, 3.63) is 11.1 Å². The second kappa shape index (κ2) is 4.72. The summed E-state index contributed by atoms with van der Waals surface area (Å²) in [7, 11) is 0. The van der Waals surface area contributed by atoms with Crippen LogP contribution < -0.4 is 0 Å². The first-order valence-electron chi connectivity index (χ1n) is 7.27. The number of allylic oxidation sites excluding steroid dienone is 1. The average Bonchev–Trinajstić information content (AvgIpc) is 2.67. The number of hydrogen-bond donors (Lipinski definition) is 2. The molecule has 3 saturated carbocycles. The first-order chi connectivity index (χ1) is 9.52. The molecule has 0 aliphatic heterocycles. The predicted octanol–water partition coefficient (Wildman–Crippen LogP) is 1.87. The van der Waals surface area contributed by atoms with Crippen molar-refractivity contribution in [1.82, 2.24) is 0 Å². The molecule has 0 radical (unpaired) electrons. The third-order valence-corrected chi connectivity index (χ3v) is 5.32. The van der Waals surface area contributed by atoms with Gasteiger partial charge in [-0.25, -0.2) is 9.59 Å². The van der Waals surface area contributed by atoms with Crippen molar-refractivity contribution < 1.29 is 24.6 Å². The van der Waals surface area contributed by atoms with Gasteiger partial charge in [-0.3, -0.25) is 4.79 Å². The van der Waals surface area contributed by atoms with Crippen LogP contribution in [-0.2, 0) is 14.4 Å². The van der Waals surface area contributed by atoms with Crippen LogP contribution in [0.15, 0.2) is 11.1 Å². The molecule has 5 heteroatoms. The van der Waals surface area contributed by atoms with E-state index in [1.807, 2.05) is 0 Å². The summed E-state index contributed by atoms with van der Waals surface area (Å²) < 4.78 is 0. The lowest BCUT2D eigenvalue weighted by atomic mass is 9.64. The van der Waals surface area contributed by atoms with Crippen LogP contribution in [0.5, 0.6) is 0 Å². The van der Waals surface area contributed by atoms with E-state index >= 15 is 0 Å². The number of carbonyl (C=O) groups excluding carboxylic acids is 1. The maximum Gasteiger partial charge on any atom is 0.343 e. The molecule has 0 heterocycles. The van der Waals surface area contributed by atoms with Crippen molar-refractivity contribution in [2.24, 2.45) is 23.7 Å². The van der Waals surface area contributed by atoms with E-state index in [1.54, 1.807) is 0 Å². The monoisotopic (exact) mass is 278 g/mol. The summed E-state index contributed by atoms with van der Waals surface area (Å²) in [6, 6.07) is 0. The third-order valence-electron chi connectivity index (χ3n) is 5.32. The van der Waals surface area contributed by atoms with Crippen LogP contribution in [0, 0.1) is 23.7 Å². The lowest BCUT2D eigenvalue weighted by Gasteiger charge is -2.39. The number of ketones is 1. The Morgan fingerprint density at radius 1 is 0.900 bits per heavy atom. The number of Topliss-reactive ketones (excluding diaryl/α,β-unsaturated/α-hetero) is 1. The van der Waals surface area contributed by atoms with Crippen LogP contribution in [0.25, 0.3) is 0 Å². The molecule has 3 rings (SSSR count). The standard InChI is InChI=1S/C15H18O5/c16-13-9-6-2-4-7-3-1-5-8(10(7)9)11(13)12(14(17)18)15(19)20/h7-10H,1-6H2,(H,17,18)(H,19,20). The second-order valence-electron chi connectivity index (χ2n) is 6.18. The fraction of sp³-hybridized carbons (Fsp3) is 0.667. The number of carboxylic acids is 2. The molecule has 20 heavy (non-hydrogen) atoms. The van der Waals surface area contributed by atoms with Crippen LogP contribution in [0.4, 0.5) is 0 Å². The zero-order valence-electron chi connectivity index (χ0n) is 11.2. The Labute approximate surface area is 116 Å². The number of hydrogen-bond acceptors (Lipinski definition) is 3. The first kappa shape index (κ1) is 13.3. The van der Waals surface area contributed by atoms with Crippen molar-refractivity contribution in [3.8, 4) is 0 Å². The van der Waals surface area contributed by atoms with Gasteiger partial charge >= 0.3 is 11.9 Å². The molecule has 4 unspecified atom stereocenters. The van der Waals surface area contributed by atoms with Gasteiger partial charge in [0, 0.05) is 11.5 Å². The largest absolute Gasteiger partial charge is 0.477 e. The number of aliphatic carboxylic acids is 2. The number of carbonyl (C=O) groups is 3. The van der Waals surface area contributed by atoms with E-state index < -0.39 is 17.5 Å². The summed E-state index contributed by atoms with van der Waals surface area (Å²) in [4.78, 5) is 35.0. The van der Waals surface area contributed by atoms with Crippen molar-refractivity contribution in [2.75, 3.05) is 0 Å². The van der Waals surface area contributed by atoms with Crippen molar-refractivity contribution in [2.45, 2.75) is 38.5 Å². The van der Waals surface area contributed by atoms with Crippen molar-refractivity contribution in [3.63, 3.8) is 0 Å². The Balaban J connectivity index is 2.12. The highest BCUT2D eigenvalue weighted by atomic mass is 16.4. The third kappa shape index (κ3) is 1.79. The minimum absolute atomic E-state index is 0.103. The van der Waals surface area contributed by atoms with Crippen LogP contribution in [0.1, 0.15) is 38.5 Å². The van der Waals surface area contributed by atoms with Gasteiger partial charge in [0.15, 0.2) is 11.4 Å². The Bertz CT molecular complexity index is 500. The summed E-state index contributed by atoms with van der Waals surface area (Å²) in [6.07, 6.45) is 5.67. The van der Waals surface area contributed by atoms with Gasteiger partial charge in [-0.1, -0.05) is 25.7 Å². The molecule has 0 bridgehead atoms. The molecule has 5 nitrogen and oxygen atoms in total. The Morgan fingerprint density at radius 2 is 1.45 bits per heavy atom. The molecule has 3 fully saturated rings. The Kier molecular flexibility index (Phi) is 3.15. The van der Waals surface area contributed by atoms with Gasteiger partial charge < -0.3 is 10.2 Å². The topological polar surface area (TPSA) is 91.7 Å². The maximum absolute atomic E-state index is 12.5.